The van der Waals surface area contributed by atoms with E-state index in [0.29, 0.717) is 16.6 Å². The number of nitro benzene ring substituents is 2. The molecule has 2 aromatic carbocycles. The summed E-state index contributed by atoms with van der Waals surface area (Å²) in [6.45, 7) is -0.111. The van der Waals surface area contributed by atoms with Crippen molar-refractivity contribution < 1.29 is 14.6 Å². The average molecular weight is 392 g/mol. The Hall–Kier alpha value is -4.41. The number of benzene rings is 2. The van der Waals surface area contributed by atoms with E-state index in [1.54, 1.807) is 30.5 Å². The zero-order valence-corrected chi connectivity index (χ0v) is 14.7. The Morgan fingerprint density at radius 1 is 1.00 bits per heavy atom. The number of hydrogen-bond acceptors (Lipinski definition) is 8. The summed E-state index contributed by atoms with van der Waals surface area (Å²) in [6, 6.07) is 12.4. The molecule has 0 unspecified atom stereocenters. The van der Waals surface area contributed by atoms with E-state index in [9.17, 15) is 20.2 Å². The van der Waals surface area contributed by atoms with Gasteiger partial charge in [0.2, 0.25) is 0 Å². The molecule has 0 bridgehead atoms. The van der Waals surface area contributed by atoms with Gasteiger partial charge < -0.3 is 4.74 Å². The summed E-state index contributed by atoms with van der Waals surface area (Å²) in [7, 11) is 0. The van der Waals surface area contributed by atoms with Crippen LogP contribution in [0.1, 0.15) is 5.69 Å². The minimum Gasteiger partial charge on any atom is -0.480 e. The molecular formula is C18H12N6O5. The van der Waals surface area contributed by atoms with Crippen LogP contribution in [0.2, 0.25) is 0 Å². The topological polar surface area (TPSA) is 139 Å². The number of fused-ring (bicyclic) bond motifs is 1. The van der Waals surface area contributed by atoms with Crippen LogP contribution >= 0.6 is 0 Å². The molecule has 0 spiro atoms. The van der Waals surface area contributed by atoms with Crippen LogP contribution in [-0.2, 0) is 6.61 Å². The first kappa shape index (κ1) is 18.0. The lowest BCUT2D eigenvalue weighted by atomic mass is 10.2. The number of aromatic nitrogens is 4. The van der Waals surface area contributed by atoms with Crippen LogP contribution in [0.3, 0.4) is 0 Å². The SMILES string of the molecule is O=[N+]([O-])c1cc2cccnc2cc1OCc1cn(-c2ccccc2[N+](=O)[O-])nn1. The van der Waals surface area contributed by atoms with Crippen LogP contribution in [0, 0.1) is 20.2 Å². The number of hydrogen-bond donors (Lipinski definition) is 0. The van der Waals surface area contributed by atoms with E-state index in [0.717, 1.165) is 0 Å². The highest BCUT2D eigenvalue weighted by Gasteiger charge is 2.19. The van der Waals surface area contributed by atoms with Crippen LogP contribution < -0.4 is 4.74 Å². The monoisotopic (exact) mass is 392 g/mol. The maximum absolute atomic E-state index is 11.4. The maximum Gasteiger partial charge on any atom is 0.311 e. The van der Waals surface area contributed by atoms with Gasteiger partial charge >= 0.3 is 5.69 Å². The van der Waals surface area contributed by atoms with Crippen LogP contribution in [0.5, 0.6) is 5.75 Å². The maximum atomic E-state index is 11.4. The molecule has 0 saturated heterocycles. The predicted molar refractivity (Wildman–Crippen MR) is 101 cm³/mol. The van der Waals surface area contributed by atoms with E-state index < -0.39 is 9.85 Å². The third-order valence-corrected chi connectivity index (χ3v) is 4.12. The van der Waals surface area contributed by atoms with Crippen LogP contribution in [0.4, 0.5) is 11.4 Å². The lowest BCUT2D eigenvalue weighted by Gasteiger charge is -2.06. The Morgan fingerprint density at radius 2 is 1.79 bits per heavy atom. The van der Waals surface area contributed by atoms with Crippen molar-refractivity contribution in [1.82, 2.24) is 20.0 Å². The van der Waals surface area contributed by atoms with Gasteiger partial charge in [-0.1, -0.05) is 23.4 Å². The van der Waals surface area contributed by atoms with Gasteiger partial charge in [0.15, 0.2) is 5.75 Å². The molecule has 0 aliphatic carbocycles. The number of rotatable bonds is 6. The van der Waals surface area contributed by atoms with E-state index in [1.165, 1.54) is 35.1 Å². The molecule has 11 heteroatoms. The Bertz CT molecular complexity index is 1240. The fourth-order valence-corrected chi connectivity index (χ4v) is 2.79. The van der Waals surface area contributed by atoms with Gasteiger partial charge in [0, 0.05) is 29.8 Å². The van der Waals surface area contributed by atoms with Crippen LogP contribution in [-0.4, -0.2) is 29.8 Å². The first-order valence-corrected chi connectivity index (χ1v) is 8.34. The highest BCUT2D eigenvalue weighted by molar-refractivity contribution is 5.83. The molecule has 0 aliphatic rings. The molecule has 0 radical (unpaired) electrons. The van der Waals surface area contributed by atoms with Gasteiger partial charge in [-0.05, 0) is 12.1 Å². The second-order valence-corrected chi connectivity index (χ2v) is 5.96. The molecule has 0 atom stereocenters. The summed E-state index contributed by atoms with van der Waals surface area (Å²) in [5.74, 6) is 0.0430. The Balaban J connectivity index is 1.60. The van der Waals surface area contributed by atoms with E-state index in [2.05, 4.69) is 15.3 Å². The predicted octanol–water partition coefficient (Wildman–Crippen LogP) is 3.21. The molecule has 2 aromatic heterocycles. The average Bonchev–Trinajstić information content (AvgIpc) is 3.20. The Labute approximate surface area is 162 Å². The van der Waals surface area contributed by atoms with Crippen molar-refractivity contribution in [2.45, 2.75) is 6.61 Å². The van der Waals surface area contributed by atoms with Crippen molar-refractivity contribution in [3.8, 4) is 11.4 Å². The molecule has 29 heavy (non-hydrogen) atoms. The molecule has 11 nitrogen and oxygen atoms in total. The second-order valence-electron chi connectivity index (χ2n) is 5.96. The van der Waals surface area contributed by atoms with Crippen molar-refractivity contribution >= 4 is 22.3 Å². The van der Waals surface area contributed by atoms with E-state index in [1.807, 2.05) is 0 Å². The van der Waals surface area contributed by atoms with Crippen molar-refractivity contribution in [2.75, 3.05) is 0 Å². The summed E-state index contributed by atoms with van der Waals surface area (Å²) >= 11 is 0. The van der Waals surface area contributed by atoms with E-state index in [4.69, 9.17) is 4.74 Å². The highest BCUT2D eigenvalue weighted by atomic mass is 16.6. The second kappa shape index (κ2) is 7.31. The lowest BCUT2D eigenvalue weighted by Crippen LogP contribution is -2.01. The summed E-state index contributed by atoms with van der Waals surface area (Å²) in [4.78, 5) is 25.7. The third-order valence-electron chi connectivity index (χ3n) is 4.12. The normalized spacial score (nSPS) is 10.8. The Kier molecular flexibility index (Phi) is 4.53. The van der Waals surface area contributed by atoms with Gasteiger partial charge in [-0.2, -0.15) is 0 Å². The number of para-hydroxylation sites is 2. The molecule has 0 fully saturated rings. The van der Waals surface area contributed by atoms with Gasteiger partial charge in [0.25, 0.3) is 5.69 Å². The molecule has 144 valence electrons. The molecule has 0 saturated carbocycles. The van der Waals surface area contributed by atoms with Gasteiger partial charge in [-0.3, -0.25) is 25.2 Å². The van der Waals surface area contributed by atoms with Gasteiger partial charge in [-0.25, -0.2) is 4.68 Å². The third kappa shape index (κ3) is 3.56. The van der Waals surface area contributed by atoms with E-state index >= 15 is 0 Å². The van der Waals surface area contributed by atoms with Crippen LogP contribution in [0.25, 0.3) is 16.6 Å². The zero-order valence-electron chi connectivity index (χ0n) is 14.7. The number of nitro groups is 2. The molecule has 0 aliphatic heterocycles. The van der Waals surface area contributed by atoms with Gasteiger partial charge in [0.05, 0.1) is 21.6 Å². The van der Waals surface area contributed by atoms with Gasteiger partial charge in [0.1, 0.15) is 18.0 Å². The summed E-state index contributed by atoms with van der Waals surface area (Å²) in [5, 5.41) is 31.0. The largest absolute Gasteiger partial charge is 0.480 e. The van der Waals surface area contributed by atoms with Crippen molar-refractivity contribution in [3.63, 3.8) is 0 Å². The zero-order chi connectivity index (χ0) is 20.4. The minimum absolute atomic E-state index is 0.0430. The van der Waals surface area contributed by atoms with E-state index in [-0.39, 0.29) is 29.4 Å². The number of ether oxygens (including phenoxy) is 1. The summed E-state index contributed by atoms with van der Waals surface area (Å²) in [5.41, 5.74) is 0.824. The number of nitrogens with zero attached hydrogens (tertiary/aromatic N) is 6. The molecule has 4 aromatic rings. The summed E-state index contributed by atoms with van der Waals surface area (Å²) < 4.78 is 6.85. The van der Waals surface area contributed by atoms with Crippen molar-refractivity contribution in [2.24, 2.45) is 0 Å². The van der Waals surface area contributed by atoms with Crippen molar-refractivity contribution in [1.29, 1.82) is 0 Å². The molecule has 2 heterocycles. The van der Waals surface area contributed by atoms with Gasteiger partial charge in [-0.15, -0.1) is 5.10 Å². The molecule has 0 amide bonds. The fraction of sp³-hybridized carbons (Fsp3) is 0.0556. The first-order valence-electron chi connectivity index (χ1n) is 8.34. The van der Waals surface area contributed by atoms with Crippen LogP contribution in [0.15, 0.2) is 60.9 Å². The molecular weight excluding hydrogens is 380 g/mol. The smallest absolute Gasteiger partial charge is 0.311 e. The standard InChI is InChI=1S/C18H12N6O5/c25-23(26)16-6-2-1-5-15(16)22-10-13(20-21-22)11-29-18-9-14-12(4-3-7-19-14)8-17(18)24(27)28/h1-10H,11H2. The molecule has 4 rings (SSSR count). The Morgan fingerprint density at radius 3 is 2.59 bits per heavy atom. The van der Waals surface area contributed by atoms with Crippen molar-refractivity contribution in [3.05, 3.63) is 86.8 Å². The fourth-order valence-electron chi connectivity index (χ4n) is 2.79. The lowest BCUT2D eigenvalue weighted by molar-refractivity contribution is -0.385. The number of pyridine rings is 1. The minimum atomic E-state index is -0.536. The first-order chi connectivity index (χ1) is 14.0. The highest BCUT2D eigenvalue weighted by Crippen LogP contribution is 2.32. The summed E-state index contributed by atoms with van der Waals surface area (Å²) in [6.07, 6.45) is 3.05. The molecule has 0 N–H and O–H groups in total. The quantitative estimate of drug-likeness (QED) is 0.360.